The minimum absolute atomic E-state index is 0.250. The SMILES string of the molecule is O=C(O)Cc1ccc(-c2c(Cl)cc(Cl)cc2Cl)c(-c2c(Cl)cc(Cl)cc2Cl)n1. The van der Waals surface area contributed by atoms with Crippen LogP contribution in [0.4, 0.5) is 0 Å². The third kappa shape index (κ3) is 4.51. The number of carboxylic acids is 1. The monoisotopic (exact) mass is 493 g/mol. The lowest BCUT2D eigenvalue weighted by Gasteiger charge is -2.16. The lowest BCUT2D eigenvalue weighted by atomic mass is 9.98. The number of hydrogen-bond acceptors (Lipinski definition) is 2. The van der Waals surface area contributed by atoms with Crippen molar-refractivity contribution in [3.8, 4) is 22.4 Å². The highest BCUT2D eigenvalue weighted by atomic mass is 35.5. The summed E-state index contributed by atoms with van der Waals surface area (Å²) in [6.45, 7) is 0. The molecule has 2 aromatic carbocycles. The molecule has 0 aliphatic carbocycles. The minimum atomic E-state index is -1.03. The van der Waals surface area contributed by atoms with E-state index in [4.69, 9.17) is 74.7 Å². The van der Waals surface area contributed by atoms with E-state index < -0.39 is 5.97 Å². The summed E-state index contributed by atoms with van der Waals surface area (Å²) in [5.74, 6) is -1.03. The molecule has 0 saturated heterocycles. The molecule has 0 fully saturated rings. The predicted octanol–water partition coefficient (Wildman–Crippen LogP) is 7.96. The highest BCUT2D eigenvalue weighted by Crippen LogP contribution is 2.45. The first kappa shape index (κ1) is 21.5. The third-order valence-corrected chi connectivity index (χ3v) is 5.43. The summed E-state index contributed by atoms with van der Waals surface area (Å²) in [4.78, 5) is 15.6. The van der Waals surface area contributed by atoms with E-state index in [0.29, 0.717) is 48.2 Å². The first-order valence-corrected chi connectivity index (χ1v) is 9.95. The molecule has 144 valence electrons. The van der Waals surface area contributed by atoms with E-state index in [1.54, 1.807) is 24.3 Å². The van der Waals surface area contributed by atoms with E-state index in [1.807, 2.05) is 0 Å². The van der Waals surface area contributed by atoms with Gasteiger partial charge in [0.1, 0.15) is 0 Å². The molecular formula is C19H9Cl6NO2. The largest absolute Gasteiger partial charge is 0.481 e. The average molecular weight is 496 g/mol. The molecule has 1 aromatic heterocycles. The van der Waals surface area contributed by atoms with Gasteiger partial charge in [0.25, 0.3) is 0 Å². The molecule has 0 radical (unpaired) electrons. The van der Waals surface area contributed by atoms with E-state index in [-0.39, 0.29) is 16.5 Å². The first-order valence-electron chi connectivity index (χ1n) is 7.69. The van der Waals surface area contributed by atoms with Crippen molar-refractivity contribution in [2.45, 2.75) is 6.42 Å². The first-order chi connectivity index (χ1) is 13.2. The van der Waals surface area contributed by atoms with Crippen molar-refractivity contribution in [3.05, 3.63) is 72.2 Å². The lowest BCUT2D eigenvalue weighted by Crippen LogP contribution is -2.04. The van der Waals surface area contributed by atoms with Crippen LogP contribution in [0.1, 0.15) is 5.69 Å². The summed E-state index contributed by atoms with van der Waals surface area (Å²) in [7, 11) is 0. The number of carboxylic acid groups (broad SMARTS) is 1. The molecule has 0 aliphatic rings. The fourth-order valence-corrected chi connectivity index (χ4v) is 4.73. The summed E-state index contributed by atoms with van der Waals surface area (Å²) in [5.41, 5.74) is 2.02. The van der Waals surface area contributed by atoms with Crippen LogP contribution in [0.3, 0.4) is 0 Å². The van der Waals surface area contributed by atoms with Crippen LogP contribution < -0.4 is 0 Å². The number of benzene rings is 2. The Labute approximate surface area is 190 Å². The van der Waals surface area contributed by atoms with E-state index in [2.05, 4.69) is 4.98 Å². The van der Waals surface area contributed by atoms with Crippen LogP contribution in [0.5, 0.6) is 0 Å². The van der Waals surface area contributed by atoms with Gasteiger partial charge in [-0.15, -0.1) is 0 Å². The van der Waals surface area contributed by atoms with Crippen LogP contribution in [-0.2, 0) is 11.2 Å². The molecule has 9 heteroatoms. The van der Waals surface area contributed by atoms with Crippen molar-refractivity contribution < 1.29 is 9.90 Å². The van der Waals surface area contributed by atoms with Gasteiger partial charge in [-0.1, -0.05) is 75.7 Å². The molecule has 0 atom stereocenters. The van der Waals surface area contributed by atoms with Gasteiger partial charge in [0, 0.05) is 26.7 Å². The number of pyridine rings is 1. The molecular weight excluding hydrogens is 487 g/mol. The van der Waals surface area contributed by atoms with Crippen molar-refractivity contribution in [3.63, 3.8) is 0 Å². The molecule has 1 heterocycles. The fraction of sp³-hybridized carbons (Fsp3) is 0.0526. The van der Waals surface area contributed by atoms with Crippen molar-refractivity contribution >= 4 is 75.6 Å². The number of nitrogens with zero attached hydrogens (tertiary/aromatic N) is 1. The Morgan fingerprint density at radius 1 is 0.786 bits per heavy atom. The van der Waals surface area contributed by atoms with Crippen LogP contribution in [0, 0.1) is 0 Å². The van der Waals surface area contributed by atoms with Crippen LogP contribution in [0.25, 0.3) is 22.4 Å². The molecule has 0 saturated carbocycles. The zero-order chi connectivity index (χ0) is 20.6. The maximum absolute atomic E-state index is 11.1. The molecule has 3 rings (SSSR count). The van der Waals surface area contributed by atoms with Gasteiger partial charge in [-0.05, 0) is 30.3 Å². The summed E-state index contributed by atoms with van der Waals surface area (Å²) < 4.78 is 0. The average Bonchev–Trinajstić information content (AvgIpc) is 2.54. The highest BCUT2D eigenvalue weighted by molar-refractivity contribution is 6.43. The second-order valence-electron chi connectivity index (χ2n) is 5.76. The van der Waals surface area contributed by atoms with Crippen molar-refractivity contribution in [2.75, 3.05) is 0 Å². The molecule has 1 N–H and O–H groups in total. The van der Waals surface area contributed by atoms with Crippen LogP contribution in [0.2, 0.25) is 30.1 Å². The van der Waals surface area contributed by atoms with Crippen LogP contribution >= 0.6 is 69.6 Å². The van der Waals surface area contributed by atoms with Gasteiger partial charge in [-0.2, -0.15) is 0 Å². The summed E-state index contributed by atoms with van der Waals surface area (Å²) in [6.07, 6.45) is -0.280. The summed E-state index contributed by atoms with van der Waals surface area (Å²) in [6, 6.07) is 9.37. The number of rotatable bonds is 4. The van der Waals surface area contributed by atoms with Gasteiger partial charge in [0.2, 0.25) is 0 Å². The predicted molar refractivity (Wildman–Crippen MR) is 117 cm³/mol. The second-order valence-corrected chi connectivity index (χ2v) is 8.26. The van der Waals surface area contributed by atoms with E-state index in [0.717, 1.165) is 0 Å². The Kier molecular flexibility index (Phi) is 6.65. The maximum atomic E-state index is 11.1. The van der Waals surface area contributed by atoms with Gasteiger partial charge in [0.05, 0.1) is 37.9 Å². The number of aromatic nitrogens is 1. The molecule has 0 unspecified atom stereocenters. The van der Waals surface area contributed by atoms with Gasteiger partial charge in [-0.3, -0.25) is 9.78 Å². The fourth-order valence-electron chi connectivity index (χ4n) is 2.71. The maximum Gasteiger partial charge on any atom is 0.309 e. The molecule has 28 heavy (non-hydrogen) atoms. The number of carbonyl (C=O) groups is 1. The highest BCUT2D eigenvalue weighted by Gasteiger charge is 2.21. The number of halogens is 6. The van der Waals surface area contributed by atoms with E-state index in [1.165, 1.54) is 12.1 Å². The summed E-state index contributed by atoms with van der Waals surface area (Å²) >= 11 is 37.5. The van der Waals surface area contributed by atoms with Gasteiger partial charge in [0.15, 0.2) is 0 Å². The molecule has 0 amide bonds. The Morgan fingerprint density at radius 2 is 1.25 bits per heavy atom. The Morgan fingerprint density at radius 3 is 1.71 bits per heavy atom. The molecule has 3 aromatic rings. The molecule has 3 nitrogen and oxygen atoms in total. The third-order valence-electron chi connectivity index (χ3n) is 3.81. The Balaban J connectivity index is 2.35. The zero-order valence-corrected chi connectivity index (χ0v) is 18.3. The Hall–Kier alpha value is -1.20. The number of aliphatic carboxylic acids is 1. The van der Waals surface area contributed by atoms with Crippen molar-refractivity contribution in [1.29, 1.82) is 0 Å². The normalized spacial score (nSPS) is 10.9. The van der Waals surface area contributed by atoms with Crippen LogP contribution in [-0.4, -0.2) is 16.1 Å². The van der Waals surface area contributed by atoms with Crippen molar-refractivity contribution in [2.24, 2.45) is 0 Å². The smallest absolute Gasteiger partial charge is 0.309 e. The molecule has 0 spiro atoms. The van der Waals surface area contributed by atoms with E-state index >= 15 is 0 Å². The lowest BCUT2D eigenvalue weighted by molar-refractivity contribution is -0.136. The standard InChI is InChI=1S/C19H9Cl6NO2/c20-8-3-12(22)17(13(23)4-8)11-2-1-10(7-16(27)28)26-19(11)18-14(24)5-9(21)6-15(18)25/h1-6H,7H2,(H,27,28). The minimum Gasteiger partial charge on any atom is -0.481 e. The quantitative estimate of drug-likeness (QED) is 0.399. The summed E-state index contributed by atoms with van der Waals surface area (Å²) in [5, 5.41) is 10.9. The van der Waals surface area contributed by atoms with Gasteiger partial charge < -0.3 is 5.11 Å². The molecule has 0 bridgehead atoms. The van der Waals surface area contributed by atoms with Gasteiger partial charge in [-0.25, -0.2) is 0 Å². The zero-order valence-electron chi connectivity index (χ0n) is 13.7. The van der Waals surface area contributed by atoms with Crippen LogP contribution in [0.15, 0.2) is 36.4 Å². The van der Waals surface area contributed by atoms with Crippen molar-refractivity contribution in [1.82, 2.24) is 4.98 Å². The molecule has 0 aliphatic heterocycles. The topological polar surface area (TPSA) is 50.2 Å². The Bertz CT molecular complexity index is 1050. The van der Waals surface area contributed by atoms with Gasteiger partial charge >= 0.3 is 5.97 Å². The van der Waals surface area contributed by atoms with E-state index in [9.17, 15) is 4.79 Å². The number of hydrogen-bond donors (Lipinski definition) is 1. The second kappa shape index (κ2) is 8.66.